The van der Waals surface area contributed by atoms with Crippen LogP contribution in [-0.4, -0.2) is 18.6 Å². The first kappa shape index (κ1) is 15.2. The van der Waals surface area contributed by atoms with E-state index in [0.717, 1.165) is 25.7 Å². The van der Waals surface area contributed by atoms with Gasteiger partial charge in [0.05, 0.1) is 5.60 Å². The summed E-state index contributed by atoms with van der Waals surface area (Å²) in [4.78, 5) is 0. The lowest BCUT2D eigenvalue weighted by Gasteiger charge is -2.69. The van der Waals surface area contributed by atoms with Crippen LogP contribution >= 0.6 is 0 Å². The molecular weight excluding hydrogens is 266 g/mol. The van der Waals surface area contributed by atoms with Crippen molar-refractivity contribution in [3.63, 3.8) is 0 Å². The summed E-state index contributed by atoms with van der Waals surface area (Å²) in [6, 6.07) is 0. The molecule has 2 atom stereocenters. The normalized spacial score (nSPS) is 46.9. The number of hydrogen-bond donors (Lipinski definition) is 2. The quantitative estimate of drug-likeness (QED) is 0.762. The zero-order valence-corrected chi connectivity index (χ0v) is 12.8. The highest BCUT2D eigenvalue weighted by Crippen LogP contribution is 2.70. The minimum Gasteiger partial charge on any atom is -0.344 e. The van der Waals surface area contributed by atoms with E-state index in [-0.39, 0.29) is 17.0 Å². The zero-order valence-electron chi connectivity index (χ0n) is 12.0. The molecule has 0 radical (unpaired) electrons. The Morgan fingerprint density at radius 2 is 1.53 bits per heavy atom. The lowest BCUT2D eigenvalue weighted by molar-refractivity contribution is -0.238. The fourth-order valence-electron chi connectivity index (χ4n) is 5.27. The molecule has 4 saturated carbocycles. The van der Waals surface area contributed by atoms with Gasteiger partial charge in [-0.25, -0.2) is 4.18 Å². The highest BCUT2D eigenvalue weighted by molar-refractivity contribution is 7.80. The summed E-state index contributed by atoms with van der Waals surface area (Å²) in [6.07, 6.45) is 5.06. The van der Waals surface area contributed by atoms with E-state index in [2.05, 4.69) is 20.8 Å². The van der Waals surface area contributed by atoms with Gasteiger partial charge in [0.25, 0.3) is 0 Å². The Morgan fingerprint density at radius 3 is 1.95 bits per heavy atom. The molecule has 0 saturated heterocycles. The third-order valence-electron chi connectivity index (χ3n) is 6.29. The molecule has 4 fully saturated rings. The predicted molar refractivity (Wildman–Crippen MR) is 72.3 cm³/mol. The van der Waals surface area contributed by atoms with E-state index in [1.165, 1.54) is 6.42 Å². The zero-order chi connectivity index (χ0) is 13.4. The third-order valence-corrected chi connectivity index (χ3v) is 6.82. The van der Waals surface area contributed by atoms with Gasteiger partial charge in [0.2, 0.25) is 0 Å². The molecule has 4 N–H and O–H groups in total. The van der Waals surface area contributed by atoms with Crippen LogP contribution in [0.15, 0.2) is 0 Å². The van der Waals surface area contributed by atoms with E-state index in [4.69, 9.17) is 8.74 Å². The molecule has 19 heavy (non-hydrogen) atoms. The van der Waals surface area contributed by atoms with E-state index in [9.17, 15) is 8.42 Å². The Balaban J connectivity index is 0.00000133. The molecule has 112 valence electrons. The molecule has 5 nitrogen and oxygen atoms in total. The molecule has 4 rings (SSSR count). The molecule has 0 aromatic heterocycles. The Hall–Kier alpha value is -0.170. The lowest BCUT2D eigenvalue weighted by Crippen LogP contribution is -2.67. The Labute approximate surface area is 115 Å². The highest BCUT2D eigenvalue weighted by Gasteiger charge is 2.68. The van der Waals surface area contributed by atoms with Gasteiger partial charge < -0.3 is 6.15 Å². The van der Waals surface area contributed by atoms with Crippen molar-refractivity contribution in [2.45, 2.75) is 58.5 Å². The summed E-state index contributed by atoms with van der Waals surface area (Å²) in [6.45, 7) is 6.47. The van der Waals surface area contributed by atoms with Crippen molar-refractivity contribution in [3.05, 3.63) is 0 Å². The molecule has 0 aliphatic heterocycles. The van der Waals surface area contributed by atoms with Crippen LogP contribution in [0.5, 0.6) is 0 Å². The van der Waals surface area contributed by atoms with Crippen molar-refractivity contribution in [1.29, 1.82) is 0 Å². The third kappa shape index (κ3) is 1.95. The fourth-order valence-corrected chi connectivity index (χ4v) is 6.01. The monoisotopic (exact) mass is 291 g/mol. The first-order valence-electron chi connectivity index (χ1n) is 6.75. The van der Waals surface area contributed by atoms with Gasteiger partial charge in [-0.3, -0.25) is 4.55 Å². The summed E-state index contributed by atoms with van der Waals surface area (Å²) < 4.78 is 36.9. The van der Waals surface area contributed by atoms with E-state index >= 15 is 0 Å². The first-order chi connectivity index (χ1) is 8.07. The average molecular weight is 291 g/mol. The van der Waals surface area contributed by atoms with Gasteiger partial charge in [0, 0.05) is 5.41 Å². The van der Waals surface area contributed by atoms with Crippen LogP contribution in [0.2, 0.25) is 0 Å². The van der Waals surface area contributed by atoms with Crippen LogP contribution in [0.1, 0.15) is 52.9 Å². The van der Waals surface area contributed by atoms with Crippen LogP contribution < -0.4 is 6.15 Å². The molecule has 4 bridgehead atoms. The largest absolute Gasteiger partial charge is 0.397 e. The second-order valence-corrected chi connectivity index (χ2v) is 8.50. The molecular formula is C13H25NO4S. The Morgan fingerprint density at radius 1 is 1.05 bits per heavy atom. The molecule has 0 spiro atoms. The lowest BCUT2D eigenvalue weighted by atomic mass is 9.38. The molecule has 4 aliphatic rings. The number of hydrogen-bond acceptors (Lipinski definition) is 4. The van der Waals surface area contributed by atoms with E-state index in [1.807, 2.05) is 0 Å². The van der Waals surface area contributed by atoms with Crippen molar-refractivity contribution in [1.82, 2.24) is 6.15 Å². The minimum atomic E-state index is -4.38. The maximum Gasteiger partial charge on any atom is 0.397 e. The van der Waals surface area contributed by atoms with Gasteiger partial charge >= 0.3 is 10.4 Å². The fraction of sp³-hybridized carbons (Fsp3) is 1.00. The van der Waals surface area contributed by atoms with Gasteiger partial charge in [-0.15, -0.1) is 0 Å². The summed E-state index contributed by atoms with van der Waals surface area (Å²) in [5, 5.41) is 0. The van der Waals surface area contributed by atoms with Crippen LogP contribution in [0.25, 0.3) is 0 Å². The smallest absolute Gasteiger partial charge is 0.344 e. The van der Waals surface area contributed by atoms with Gasteiger partial charge in [-0.1, -0.05) is 20.8 Å². The Bertz CT molecular complexity index is 471. The molecule has 0 amide bonds. The topological polar surface area (TPSA) is 98.6 Å². The summed E-state index contributed by atoms with van der Waals surface area (Å²) in [7, 11) is -4.38. The maximum absolute atomic E-state index is 11.2. The first-order valence-corrected chi connectivity index (χ1v) is 8.12. The summed E-state index contributed by atoms with van der Waals surface area (Å²) in [5.41, 5.74) is -0.787. The van der Waals surface area contributed by atoms with Crippen molar-refractivity contribution in [2.24, 2.45) is 22.7 Å². The summed E-state index contributed by atoms with van der Waals surface area (Å²) in [5.74, 6) is 1.11. The van der Waals surface area contributed by atoms with E-state index in [0.29, 0.717) is 11.8 Å². The number of rotatable bonds is 2. The standard InChI is InChI=1S/C13H22O4S.H3N/c1-11(2)12(3)5-9-4-10(6-12)8-13(11,7-9)17-18(14,15)16;/h9-10H,4-8H2,1-3H3,(H,14,15,16);1H3. The highest BCUT2D eigenvalue weighted by atomic mass is 32.3. The molecule has 0 heterocycles. The minimum absolute atomic E-state index is 0. The van der Waals surface area contributed by atoms with Crippen molar-refractivity contribution < 1.29 is 17.2 Å². The predicted octanol–water partition coefficient (Wildman–Crippen LogP) is 2.96. The second-order valence-electron chi connectivity index (χ2n) is 7.48. The average Bonchev–Trinajstić information content (AvgIpc) is 2.09. The van der Waals surface area contributed by atoms with Gasteiger partial charge in [0.15, 0.2) is 0 Å². The molecule has 2 unspecified atom stereocenters. The van der Waals surface area contributed by atoms with E-state index < -0.39 is 16.0 Å². The summed E-state index contributed by atoms with van der Waals surface area (Å²) >= 11 is 0. The van der Waals surface area contributed by atoms with Gasteiger partial charge in [-0.05, 0) is 49.4 Å². The SMILES string of the molecule is CC12CC3CC(C1)CC(OS(=O)(=O)O)(C3)C2(C)C.N. The second kappa shape index (κ2) is 3.93. The van der Waals surface area contributed by atoms with Crippen LogP contribution in [0.3, 0.4) is 0 Å². The van der Waals surface area contributed by atoms with Crippen molar-refractivity contribution >= 4 is 10.4 Å². The maximum atomic E-state index is 11.2. The van der Waals surface area contributed by atoms with Crippen molar-refractivity contribution in [3.8, 4) is 0 Å². The van der Waals surface area contributed by atoms with Crippen molar-refractivity contribution in [2.75, 3.05) is 0 Å². The van der Waals surface area contributed by atoms with Crippen LogP contribution in [0, 0.1) is 22.7 Å². The van der Waals surface area contributed by atoms with Gasteiger partial charge in [-0.2, -0.15) is 8.42 Å². The molecule has 0 aromatic carbocycles. The Kier molecular flexibility index (Phi) is 3.15. The molecule has 0 aromatic rings. The van der Waals surface area contributed by atoms with Crippen LogP contribution in [-0.2, 0) is 14.6 Å². The molecule has 4 aliphatic carbocycles. The van der Waals surface area contributed by atoms with Gasteiger partial charge in [0.1, 0.15) is 0 Å². The van der Waals surface area contributed by atoms with Crippen LogP contribution in [0.4, 0.5) is 0 Å². The molecule has 6 heteroatoms. The van der Waals surface area contributed by atoms with E-state index in [1.54, 1.807) is 0 Å².